The zero-order chi connectivity index (χ0) is 16.2. The highest BCUT2D eigenvalue weighted by Gasteiger charge is 2.32. The summed E-state index contributed by atoms with van der Waals surface area (Å²) < 4.78 is 38.5. The van der Waals surface area contributed by atoms with Gasteiger partial charge in [0.25, 0.3) is 5.91 Å². The van der Waals surface area contributed by atoms with Crippen LogP contribution in [0.2, 0.25) is 0 Å². The van der Waals surface area contributed by atoms with Gasteiger partial charge in [-0.3, -0.25) is 4.79 Å². The molecule has 1 N–H and O–H groups in total. The van der Waals surface area contributed by atoms with E-state index in [0.717, 1.165) is 18.6 Å². The van der Waals surface area contributed by atoms with Gasteiger partial charge in [0.2, 0.25) is 0 Å². The second-order valence-electron chi connectivity index (χ2n) is 4.86. The van der Waals surface area contributed by atoms with Crippen LogP contribution in [0.1, 0.15) is 43.1 Å². The maximum Gasteiger partial charge on any atom is 0.416 e. The maximum atomic E-state index is 12.8. The zero-order valence-corrected chi connectivity index (χ0v) is 12.7. The van der Waals surface area contributed by atoms with E-state index < -0.39 is 11.7 Å². The van der Waals surface area contributed by atoms with E-state index in [0.29, 0.717) is 12.2 Å². The van der Waals surface area contributed by atoms with Gasteiger partial charge in [0.15, 0.2) is 0 Å². The Morgan fingerprint density at radius 1 is 1.33 bits per heavy atom. The van der Waals surface area contributed by atoms with Gasteiger partial charge in [0, 0.05) is 25.3 Å². The molecule has 1 amide bonds. The fraction of sp³-hybridized carbons (Fsp3) is 0.533. The summed E-state index contributed by atoms with van der Waals surface area (Å²) in [5.74, 6) is -0.387. The van der Waals surface area contributed by atoms with E-state index in [2.05, 4.69) is 5.32 Å². The van der Waals surface area contributed by atoms with Crippen molar-refractivity contribution in [2.45, 2.75) is 39.4 Å². The van der Waals surface area contributed by atoms with E-state index in [-0.39, 0.29) is 17.5 Å². The molecule has 0 saturated carbocycles. The van der Waals surface area contributed by atoms with Crippen molar-refractivity contribution in [3.05, 3.63) is 29.3 Å². The van der Waals surface area contributed by atoms with Crippen LogP contribution in [0.15, 0.2) is 18.2 Å². The lowest BCUT2D eigenvalue weighted by molar-refractivity contribution is -0.137. The molecule has 21 heavy (non-hydrogen) atoms. The number of hydrogen-bond acceptors (Lipinski definition) is 2. The van der Waals surface area contributed by atoms with E-state index in [1.165, 1.54) is 6.07 Å². The predicted molar refractivity (Wildman–Crippen MR) is 77.5 cm³/mol. The van der Waals surface area contributed by atoms with Crippen molar-refractivity contribution in [2.24, 2.45) is 0 Å². The largest absolute Gasteiger partial charge is 0.416 e. The molecule has 0 aromatic heterocycles. The van der Waals surface area contributed by atoms with Gasteiger partial charge in [-0.25, -0.2) is 0 Å². The topological polar surface area (TPSA) is 32.3 Å². The van der Waals surface area contributed by atoms with Gasteiger partial charge in [-0.1, -0.05) is 6.92 Å². The molecule has 1 unspecified atom stereocenters. The SMILES string of the molecule is CCC(C)N(CC)C(=O)c1cc(C(F)(F)F)ccc1NC. The molecule has 6 heteroatoms. The van der Waals surface area contributed by atoms with Crippen molar-refractivity contribution in [3.63, 3.8) is 0 Å². The molecule has 1 aromatic carbocycles. The van der Waals surface area contributed by atoms with Gasteiger partial charge >= 0.3 is 6.18 Å². The molecule has 0 saturated heterocycles. The summed E-state index contributed by atoms with van der Waals surface area (Å²) in [6.07, 6.45) is -3.72. The van der Waals surface area contributed by atoms with Gasteiger partial charge in [-0.05, 0) is 38.5 Å². The third kappa shape index (κ3) is 3.89. The zero-order valence-electron chi connectivity index (χ0n) is 12.7. The summed E-state index contributed by atoms with van der Waals surface area (Å²) >= 11 is 0. The second-order valence-corrected chi connectivity index (χ2v) is 4.86. The summed E-state index contributed by atoms with van der Waals surface area (Å²) in [6.45, 7) is 6.09. The number of nitrogens with zero attached hydrogens (tertiary/aromatic N) is 1. The van der Waals surface area contributed by atoms with Crippen molar-refractivity contribution in [2.75, 3.05) is 18.9 Å². The van der Waals surface area contributed by atoms with E-state index >= 15 is 0 Å². The average molecular weight is 302 g/mol. The molecule has 0 spiro atoms. The van der Waals surface area contributed by atoms with Crippen LogP contribution in [0, 0.1) is 0 Å². The van der Waals surface area contributed by atoms with E-state index in [1.54, 1.807) is 11.9 Å². The number of nitrogens with one attached hydrogen (secondary N) is 1. The van der Waals surface area contributed by atoms with E-state index in [4.69, 9.17) is 0 Å². The van der Waals surface area contributed by atoms with Crippen LogP contribution in [0.25, 0.3) is 0 Å². The summed E-state index contributed by atoms with van der Waals surface area (Å²) in [7, 11) is 1.58. The molecule has 0 heterocycles. The van der Waals surface area contributed by atoms with Crippen molar-refractivity contribution < 1.29 is 18.0 Å². The van der Waals surface area contributed by atoms with Crippen LogP contribution in [0.5, 0.6) is 0 Å². The fourth-order valence-corrected chi connectivity index (χ4v) is 2.15. The third-order valence-corrected chi connectivity index (χ3v) is 3.57. The number of hydrogen-bond donors (Lipinski definition) is 1. The highest BCUT2D eigenvalue weighted by molar-refractivity contribution is 6.00. The molecule has 118 valence electrons. The molecule has 3 nitrogen and oxygen atoms in total. The lowest BCUT2D eigenvalue weighted by atomic mass is 10.1. The molecular formula is C15H21F3N2O. The fourth-order valence-electron chi connectivity index (χ4n) is 2.15. The predicted octanol–water partition coefficient (Wildman–Crippen LogP) is 4.01. The van der Waals surface area contributed by atoms with E-state index in [1.807, 2.05) is 20.8 Å². The Balaban J connectivity index is 3.29. The van der Waals surface area contributed by atoms with Crippen LogP contribution in [-0.4, -0.2) is 30.4 Å². The minimum atomic E-state index is -4.46. The number of alkyl halides is 3. The molecule has 0 bridgehead atoms. The Labute approximate surface area is 123 Å². The van der Waals surface area contributed by atoms with Crippen LogP contribution >= 0.6 is 0 Å². The van der Waals surface area contributed by atoms with Crippen LogP contribution in [-0.2, 0) is 6.18 Å². The molecule has 1 atom stereocenters. The monoisotopic (exact) mass is 302 g/mol. The molecule has 0 aliphatic carbocycles. The molecule has 0 aliphatic heterocycles. The normalized spacial score (nSPS) is 12.9. The average Bonchev–Trinajstić information content (AvgIpc) is 2.45. The molecule has 1 aromatic rings. The van der Waals surface area contributed by atoms with E-state index in [9.17, 15) is 18.0 Å². The number of halogens is 3. The number of carbonyl (C=O) groups is 1. The highest BCUT2D eigenvalue weighted by Crippen LogP contribution is 2.32. The van der Waals surface area contributed by atoms with Crippen LogP contribution in [0.4, 0.5) is 18.9 Å². The van der Waals surface area contributed by atoms with Gasteiger partial charge in [-0.2, -0.15) is 13.2 Å². The van der Waals surface area contributed by atoms with Gasteiger partial charge < -0.3 is 10.2 Å². The smallest absolute Gasteiger partial charge is 0.387 e. The first-order valence-corrected chi connectivity index (χ1v) is 6.96. The maximum absolute atomic E-state index is 12.8. The molecule has 1 rings (SSSR count). The first kappa shape index (κ1) is 17.3. The van der Waals surface area contributed by atoms with Crippen molar-refractivity contribution in [1.82, 2.24) is 4.90 Å². The van der Waals surface area contributed by atoms with Crippen molar-refractivity contribution >= 4 is 11.6 Å². The van der Waals surface area contributed by atoms with Gasteiger partial charge in [0.1, 0.15) is 0 Å². The summed E-state index contributed by atoms with van der Waals surface area (Å²) in [5, 5.41) is 2.78. The highest BCUT2D eigenvalue weighted by atomic mass is 19.4. The summed E-state index contributed by atoms with van der Waals surface area (Å²) in [4.78, 5) is 14.1. The quantitative estimate of drug-likeness (QED) is 0.891. The minimum Gasteiger partial charge on any atom is -0.387 e. The Bertz CT molecular complexity index is 500. The molecule has 0 fully saturated rings. The number of anilines is 1. The van der Waals surface area contributed by atoms with Crippen molar-refractivity contribution in [1.29, 1.82) is 0 Å². The van der Waals surface area contributed by atoms with Crippen LogP contribution < -0.4 is 5.32 Å². The Hall–Kier alpha value is -1.72. The lowest BCUT2D eigenvalue weighted by Gasteiger charge is -2.28. The number of amides is 1. The summed E-state index contributed by atoms with van der Waals surface area (Å²) in [5.41, 5.74) is -0.366. The van der Waals surface area contributed by atoms with Gasteiger partial charge in [0.05, 0.1) is 11.1 Å². The number of benzene rings is 1. The Kier molecular flexibility index (Phi) is 5.63. The second kappa shape index (κ2) is 6.83. The number of rotatable bonds is 5. The Morgan fingerprint density at radius 3 is 2.38 bits per heavy atom. The molecular weight excluding hydrogens is 281 g/mol. The van der Waals surface area contributed by atoms with Crippen molar-refractivity contribution in [3.8, 4) is 0 Å². The van der Waals surface area contributed by atoms with Crippen LogP contribution in [0.3, 0.4) is 0 Å². The molecule has 0 radical (unpaired) electrons. The Morgan fingerprint density at radius 2 is 1.95 bits per heavy atom. The minimum absolute atomic E-state index is 0.0262. The third-order valence-electron chi connectivity index (χ3n) is 3.57. The summed E-state index contributed by atoms with van der Waals surface area (Å²) in [6, 6.07) is 3.16. The first-order chi connectivity index (χ1) is 9.76. The lowest BCUT2D eigenvalue weighted by Crippen LogP contribution is -2.38. The molecule has 0 aliphatic rings. The standard InChI is InChI=1S/C15H21F3N2O/c1-5-10(3)20(6-2)14(21)12-9-11(15(16,17)18)7-8-13(12)19-4/h7-10,19H,5-6H2,1-4H3. The number of carbonyl (C=O) groups excluding carboxylic acids is 1. The van der Waals surface area contributed by atoms with Gasteiger partial charge in [-0.15, -0.1) is 0 Å². The first-order valence-electron chi connectivity index (χ1n) is 6.96.